The minimum atomic E-state index is -0.0553. The average molecular weight is 346 g/mol. The van der Waals surface area contributed by atoms with Gasteiger partial charge in [-0.25, -0.2) is 0 Å². The summed E-state index contributed by atoms with van der Waals surface area (Å²) < 4.78 is 11.3. The Balaban J connectivity index is 1.28. The van der Waals surface area contributed by atoms with E-state index in [2.05, 4.69) is 10.2 Å². The zero-order chi connectivity index (χ0) is 16.4. The van der Waals surface area contributed by atoms with Gasteiger partial charge in [0.25, 0.3) is 5.91 Å². The predicted octanol–water partition coefficient (Wildman–Crippen LogP) is 2.89. The monoisotopic (exact) mass is 346 g/mol. The second-order valence-electron chi connectivity index (χ2n) is 6.75. The molecule has 128 valence electrons. The van der Waals surface area contributed by atoms with E-state index in [9.17, 15) is 4.79 Å². The number of hydrogen-bond donors (Lipinski definition) is 1. The molecular weight excluding hydrogens is 324 g/mol. The van der Waals surface area contributed by atoms with Crippen LogP contribution in [0.25, 0.3) is 0 Å². The van der Waals surface area contributed by atoms with Crippen molar-refractivity contribution < 1.29 is 13.9 Å². The van der Waals surface area contributed by atoms with Gasteiger partial charge in [0.15, 0.2) is 0 Å². The summed E-state index contributed by atoms with van der Waals surface area (Å²) in [5, 5.41) is 5.05. The van der Waals surface area contributed by atoms with Crippen molar-refractivity contribution in [1.82, 2.24) is 10.2 Å². The lowest BCUT2D eigenvalue weighted by Gasteiger charge is -2.38. The molecule has 1 amide bonds. The molecule has 4 rings (SSSR count). The van der Waals surface area contributed by atoms with Crippen LogP contribution in [0, 0.1) is 0 Å². The Morgan fingerprint density at radius 1 is 1.38 bits per heavy atom. The van der Waals surface area contributed by atoms with Gasteiger partial charge in [0.05, 0.1) is 35.7 Å². The maximum Gasteiger partial charge on any atom is 0.261 e. The lowest BCUT2D eigenvalue weighted by atomic mass is 9.87. The molecule has 1 spiro atoms. The topological polar surface area (TPSA) is 54.7 Å². The molecule has 6 heteroatoms. The lowest BCUT2D eigenvalue weighted by Crippen LogP contribution is -2.44. The van der Waals surface area contributed by atoms with Gasteiger partial charge >= 0.3 is 0 Å². The minimum absolute atomic E-state index is 0.0213. The molecular formula is C18H22N2O3S. The molecule has 0 aliphatic carbocycles. The zero-order valence-electron chi connectivity index (χ0n) is 13.6. The number of carbonyl (C=O) groups is 1. The molecule has 1 atom stereocenters. The zero-order valence-corrected chi connectivity index (χ0v) is 14.4. The van der Waals surface area contributed by atoms with Gasteiger partial charge in [0, 0.05) is 25.2 Å². The maximum atomic E-state index is 12.2. The van der Waals surface area contributed by atoms with Gasteiger partial charge in [-0.2, -0.15) is 0 Å². The van der Waals surface area contributed by atoms with E-state index < -0.39 is 0 Å². The summed E-state index contributed by atoms with van der Waals surface area (Å²) in [6, 6.07) is 5.91. The van der Waals surface area contributed by atoms with Gasteiger partial charge in [-0.1, -0.05) is 6.07 Å². The molecule has 2 fully saturated rings. The molecule has 2 aromatic heterocycles. The van der Waals surface area contributed by atoms with Crippen LogP contribution in [0.5, 0.6) is 0 Å². The number of carbonyl (C=O) groups excluding carboxylic acids is 1. The van der Waals surface area contributed by atoms with Crippen molar-refractivity contribution in [2.75, 3.05) is 19.7 Å². The van der Waals surface area contributed by atoms with Crippen molar-refractivity contribution in [1.29, 1.82) is 0 Å². The molecule has 0 radical (unpaired) electrons. The van der Waals surface area contributed by atoms with E-state index in [0.29, 0.717) is 6.61 Å². The summed E-state index contributed by atoms with van der Waals surface area (Å²) >= 11 is 1.48. The number of likely N-dealkylation sites (tertiary alicyclic amines) is 1. The number of piperidine rings is 1. The molecule has 0 aromatic carbocycles. The first-order valence-electron chi connectivity index (χ1n) is 8.44. The first kappa shape index (κ1) is 15.9. The molecule has 4 heterocycles. The van der Waals surface area contributed by atoms with Gasteiger partial charge in [-0.3, -0.25) is 9.69 Å². The largest absolute Gasteiger partial charge is 0.472 e. The molecule has 2 saturated heterocycles. The van der Waals surface area contributed by atoms with Crippen LogP contribution in [0.2, 0.25) is 0 Å². The van der Waals surface area contributed by atoms with E-state index in [4.69, 9.17) is 9.15 Å². The van der Waals surface area contributed by atoms with Gasteiger partial charge in [-0.15, -0.1) is 11.3 Å². The van der Waals surface area contributed by atoms with E-state index in [0.717, 1.165) is 43.8 Å². The van der Waals surface area contributed by atoms with Crippen molar-refractivity contribution >= 4 is 17.2 Å². The highest BCUT2D eigenvalue weighted by molar-refractivity contribution is 7.12. The van der Waals surface area contributed by atoms with Gasteiger partial charge in [0.1, 0.15) is 0 Å². The minimum Gasteiger partial charge on any atom is -0.472 e. The van der Waals surface area contributed by atoms with Crippen molar-refractivity contribution in [3.63, 3.8) is 0 Å². The molecule has 1 N–H and O–H groups in total. The summed E-state index contributed by atoms with van der Waals surface area (Å²) in [4.78, 5) is 15.4. The van der Waals surface area contributed by atoms with E-state index in [1.807, 2.05) is 29.8 Å². The Kier molecular flexibility index (Phi) is 4.43. The van der Waals surface area contributed by atoms with Crippen LogP contribution in [0.3, 0.4) is 0 Å². The fourth-order valence-corrected chi connectivity index (χ4v) is 4.34. The number of hydrogen-bond acceptors (Lipinski definition) is 5. The van der Waals surface area contributed by atoms with E-state index in [1.54, 1.807) is 6.26 Å². The molecule has 2 aliphatic rings. The Morgan fingerprint density at radius 2 is 2.25 bits per heavy atom. The standard InChI is InChI=1S/C18H22N2O3S/c21-17(16-2-1-9-24-16)19-15-10-18(23-13-15)4-6-20(7-5-18)11-14-3-8-22-12-14/h1-3,8-9,12,15H,4-7,10-11,13H2,(H,19,21). The maximum absolute atomic E-state index is 12.2. The van der Waals surface area contributed by atoms with E-state index >= 15 is 0 Å². The highest BCUT2D eigenvalue weighted by Crippen LogP contribution is 2.36. The third-order valence-corrected chi connectivity index (χ3v) is 5.91. The Morgan fingerprint density at radius 3 is 2.96 bits per heavy atom. The van der Waals surface area contributed by atoms with Crippen LogP contribution in [-0.4, -0.2) is 42.1 Å². The number of nitrogens with one attached hydrogen (secondary N) is 1. The quantitative estimate of drug-likeness (QED) is 0.925. The third kappa shape index (κ3) is 3.41. The Labute approximate surface area is 145 Å². The number of amides is 1. The van der Waals surface area contributed by atoms with Gasteiger partial charge in [-0.05, 0) is 36.8 Å². The fourth-order valence-electron chi connectivity index (χ4n) is 3.71. The lowest BCUT2D eigenvalue weighted by molar-refractivity contribution is -0.0449. The van der Waals surface area contributed by atoms with Crippen LogP contribution >= 0.6 is 11.3 Å². The predicted molar refractivity (Wildman–Crippen MR) is 92.1 cm³/mol. The Bertz CT molecular complexity index is 661. The number of rotatable bonds is 4. The number of nitrogens with zero attached hydrogens (tertiary/aromatic N) is 1. The summed E-state index contributed by atoms with van der Waals surface area (Å²) in [6.07, 6.45) is 6.50. The molecule has 24 heavy (non-hydrogen) atoms. The average Bonchev–Trinajstić information content (AvgIpc) is 3.33. The van der Waals surface area contributed by atoms with E-state index in [-0.39, 0.29) is 17.6 Å². The summed E-state index contributed by atoms with van der Waals surface area (Å²) in [7, 11) is 0. The van der Waals surface area contributed by atoms with Gasteiger partial charge < -0.3 is 14.5 Å². The molecule has 5 nitrogen and oxygen atoms in total. The molecule has 1 unspecified atom stereocenters. The normalized spacial score (nSPS) is 23.6. The van der Waals surface area contributed by atoms with E-state index in [1.165, 1.54) is 16.9 Å². The fraction of sp³-hybridized carbons (Fsp3) is 0.500. The molecule has 2 aliphatic heterocycles. The van der Waals surface area contributed by atoms with Crippen molar-refractivity contribution in [3.8, 4) is 0 Å². The van der Waals surface area contributed by atoms with Crippen LogP contribution in [0.1, 0.15) is 34.5 Å². The van der Waals surface area contributed by atoms with Crippen molar-refractivity contribution in [2.45, 2.75) is 37.5 Å². The first-order valence-corrected chi connectivity index (χ1v) is 9.32. The van der Waals surface area contributed by atoms with Crippen molar-refractivity contribution in [3.05, 3.63) is 46.5 Å². The molecule has 2 aromatic rings. The number of ether oxygens (including phenoxy) is 1. The highest BCUT2D eigenvalue weighted by atomic mass is 32.1. The van der Waals surface area contributed by atoms with Crippen LogP contribution in [0.4, 0.5) is 0 Å². The van der Waals surface area contributed by atoms with Crippen LogP contribution in [0.15, 0.2) is 40.5 Å². The van der Waals surface area contributed by atoms with Crippen molar-refractivity contribution in [2.24, 2.45) is 0 Å². The third-order valence-electron chi connectivity index (χ3n) is 5.04. The summed E-state index contributed by atoms with van der Waals surface area (Å²) in [5.74, 6) is 0.0213. The van der Waals surface area contributed by atoms with Crippen LogP contribution < -0.4 is 5.32 Å². The molecule has 0 bridgehead atoms. The summed E-state index contributed by atoms with van der Waals surface area (Å²) in [6.45, 7) is 3.61. The van der Waals surface area contributed by atoms with Crippen LogP contribution in [-0.2, 0) is 11.3 Å². The smallest absolute Gasteiger partial charge is 0.261 e. The highest BCUT2D eigenvalue weighted by Gasteiger charge is 2.43. The summed E-state index contributed by atoms with van der Waals surface area (Å²) in [5.41, 5.74) is 1.17. The second kappa shape index (κ2) is 6.70. The van der Waals surface area contributed by atoms with Gasteiger partial charge in [0.2, 0.25) is 0 Å². The first-order chi connectivity index (χ1) is 11.7. The SMILES string of the molecule is O=C(NC1COC2(CCN(Cc3ccoc3)CC2)C1)c1cccs1. The Hall–Kier alpha value is -1.63. The molecule has 0 saturated carbocycles. The number of furan rings is 1. The second-order valence-corrected chi connectivity index (χ2v) is 7.70. The number of thiophene rings is 1.